The molecule has 0 unspecified atom stereocenters. The number of nitrogens with zero attached hydrogens (tertiary/aromatic N) is 2. The number of benzene rings is 3. The van der Waals surface area contributed by atoms with E-state index in [1.54, 1.807) is 30.3 Å². The Kier molecular flexibility index (Phi) is 9.03. The Hall–Kier alpha value is -1.06. The van der Waals surface area contributed by atoms with E-state index in [1.807, 2.05) is 0 Å². The summed E-state index contributed by atoms with van der Waals surface area (Å²) in [5, 5.41) is 27.3. The summed E-state index contributed by atoms with van der Waals surface area (Å²) in [5.41, 5.74) is -0.344. The smallest absolute Gasteiger partial charge is 1.00 e. The van der Waals surface area contributed by atoms with Crippen molar-refractivity contribution in [3.8, 4) is 11.5 Å². The van der Waals surface area contributed by atoms with Gasteiger partial charge in [-0.1, -0.05) is 18.2 Å². The van der Waals surface area contributed by atoms with Crippen LogP contribution in [0.4, 0.5) is 11.4 Å². The van der Waals surface area contributed by atoms with Crippen molar-refractivity contribution in [2.75, 3.05) is 0 Å². The van der Waals surface area contributed by atoms with Gasteiger partial charge in [0.2, 0.25) is 0 Å². The maximum absolute atomic E-state index is 11.7. The van der Waals surface area contributed by atoms with Crippen LogP contribution in [-0.2, 0) is 20.2 Å². The van der Waals surface area contributed by atoms with Crippen LogP contribution in [0.5, 0.6) is 11.5 Å². The minimum absolute atomic E-state index is 0. The van der Waals surface area contributed by atoms with Gasteiger partial charge in [-0.2, -0.15) is 21.9 Å². The molecule has 0 bridgehead atoms. The van der Waals surface area contributed by atoms with Gasteiger partial charge in [0.25, 0.3) is 20.2 Å². The molecule has 0 radical (unpaired) electrons. The average Bonchev–Trinajstić information content (AvgIpc) is 2.59. The zero-order valence-corrected chi connectivity index (χ0v) is 21.4. The summed E-state index contributed by atoms with van der Waals surface area (Å²) in [5.74, 6) is -1.62. The molecule has 0 aromatic heterocycles. The van der Waals surface area contributed by atoms with Crippen LogP contribution in [0.25, 0.3) is 10.8 Å². The van der Waals surface area contributed by atoms with E-state index >= 15 is 0 Å². The van der Waals surface area contributed by atoms with Crippen molar-refractivity contribution >= 4 is 42.4 Å². The second-order valence-corrected chi connectivity index (χ2v) is 8.41. The van der Waals surface area contributed by atoms with Crippen molar-refractivity contribution in [1.29, 1.82) is 0 Å². The minimum atomic E-state index is -4.92. The summed E-state index contributed by atoms with van der Waals surface area (Å²) >= 11 is 0. The first kappa shape index (κ1) is 27.0. The Morgan fingerprint density at radius 2 is 1.40 bits per heavy atom. The van der Waals surface area contributed by atoms with Crippen LogP contribution in [0.15, 0.2) is 68.6 Å². The number of rotatable bonds is 4. The first-order valence-electron chi connectivity index (χ1n) is 7.43. The Bertz CT molecular complexity index is 1340. The molecule has 0 aliphatic rings. The predicted octanol–water partition coefficient (Wildman–Crippen LogP) is -2.61. The topological polar surface area (TPSA) is 174 Å². The Balaban J connectivity index is 0. The van der Waals surface area contributed by atoms with Crippen LogP contribution < -0.4 is 59.1 Å². The average molecular weight is 472 g/mol. The SMILES string of the molecule is O=S(=O)(O)c1cc(O)c2c(O)c(N=Nc3ccccc3)c(S(=O)(=O)O)cc2c1.[H-].[H-].[Na+].[Na+]. The molecule has 3 aromatic rings. The van der Waals surface area contributed by atoms with Crippen molar-refractivity contribution in [2.24, 2.45) is 10.2 Å². The van der Waals surface area contributed by atoms with E-state index in [9.17, 15) is 31.6 Å². The number of fused-ring (bicyclic) bond motifs is 1. The van der Waals surface area contributed by atoms with Crippen molar-refractivity contribution in [3.05, 3.63) is 48.5 Å². The Morgan fingerprint density at radius 3 is 1.93 bits per heavy atom. The maximum atomic E-state index is 11.7. The van der Waals surface area contributed by atoms with Gasteiger partial charge in [0.1, 0.15) is 16.3 Å². The quantitative estimate of drug-likeness (QED) is 0.182. The van der Waals surface area contributed by atoms with E-state index in [4.69, 9.17) is 4.55 Å². The monoisotopic (exact) mass is 472 g/mol. The van der Waals surface area contributed by atoms with E-state index < -0.39 is 47.2 Å². The molecule has 0 heterocycles. The third-order valence-corrected chi connectivity index (χ3v) is 5.40. The van der Waals surface area contributed by atoms with E-state index in [0.29, 0.717) is 11.8 Å². The normalized spacial score (nSPS) is 11.8. The van der Waals surface area contributed by atoms with Crippen molar-refractivity contribution in [1.82, 2.24) is 0 Å². The molecule has 3 rings (SSSR count). The van der Waals surface area contributed by atoms with Gasteiger partial charge in [0.05, 0.1) is 16.0 Å². The molecule has 0 aliphatic heterocycles. The molecule has 0 saturated carbocycles. The number of phenolic OH excluding ortho intramolecular Hbond substituents is 2. The van der Waals surface area contributed by atoms with Crippen LogP contribution in [0.3, 0.4) is 0 Å². The molecule has 14 heteroatoms. The number of phenols is 2. The van der Waals surface area contributed by atoms with E-state index in [0.717, 1.165) is 12.1 Å². The van der Waals surface area contributed by atoms with Crippen LogP contribution in [0.2, 0.25) is 0 Å². The molecule has 0 amide bonds. The Labute approximate surface area is 218 Å². The summed E-state index contributed by atoms with van der Waals surface area (Å²) in [4.78, 5) is -1.61. The van der Waals surface area contributed by atoms with Crippen LogP contribution in [0, 0.1) is 0 Å². The molecule has 150 valence electrons. The molecule has 0 fully saturated rings. The fourth-order valence-corrected chi connectivity index (χ4v) is 3.68. The summed E-state index contributed by atoms with van der Waals surface area (Å²) in [6.45, 7) is 0. The summed E-state index contributed by atoms with van der Waals surface area (Å²) in [6, 6.07) is 10.4. The van der Waals surface area contributed by atoms with Crippen molar-refractivity contribution in [2.45, 2.75) is 9.79 Å². The zero-order valence-electron chi connectivity index (χ0n) is 17.8. The second-order valence-electron chi connectivity index (χ2n) is 5.60. The van der Waals surface area contributed by atoms with E-state index in [2.05, 4.69) is 10.2 Å². The van der Waals surface area contributed by atoms with Crippen molar-refractivity contribution < 1.29 is 98.1 Å². The Morgan fingerprint density at radius 1 is 0.800 bits per heavy atom. The van der Waals surface area contributed by atoms with Gasteiger partial charge in [0.15, 0.2) is 5.75 Å². The zero-order chi connectivity index (χ0) is 20.7. The first-order chi connectivity index (χ1) is 13.0. The maximum Gasteiger partial charge on any atom is 1.00 e. The van der Waals surface area contributed by atoms with Gasteiger partial charge in [-0.15, -0.1) is 5.11 Å². The van der Waals surface area contributed by atoms with E-state index in [1.165, 1.54) is 0 Å². The summed E-state index contributed by atoms with van der Waals surface area (Å²) in [6.07, 6.45) is 0. The van der Waals surface area contributed by atoms with Gasteiger partial charge in [-0.05, 0) is 29.7 Å². The fraction of sp³-hybridized carbons (Fsp3) is 0. The van der Waals surface area contributed by atoms with Gasteiger partial charge in [0, 0.05) is 6.07 Å². The molecule has 0 saturated heterocycles. The molecule has 3 aromatic carbocycles. The molecule has 0 atom stereocenters. The van der Waals surface area contributed by atoms with Gasteiger partial charge < -0.3 is 13.1 Å². The largest absolute Gasteiger partial charge is 1.00 e. The molecular formula is C16H14N2Na2O8S2. The van der Waals surface area contributed by atoms with Crippen LogP contribution in [0.1, 0.15) is 2.85 Å². The second kappa shape index (κ2) is 10.0. The first-order valence-corrected chi connectivity index (χ1v) is 10.3. The molecule has 4 N–H and O–H groups in total. The van der Waals surface area contributed by atoms with Gasteiger partial charge >= 0.3 is 59.1 Å². The van der Waals surface area contributed by atoms with Gasteiger partial charge in [-0.25, -0.2) is 0 Å². The standard InChI is InChI=1S/C16H12N2O8S2.2Na.2H/c19-12-8-11(27(21,22)23)6-9-7-13(28(24,25)26)15(16(20)14(9)12)18-17-10-4-2-1-3-5-10;;;;/h1-8,19-20H,(H,21,22,23)(H,24,25,26);;;;/q;2*+1;2*-1. The van der Waals surface area contributed by atoms with Crippen LogP contribution >= 0.6 is 0 Å². The van der Waals surface area contributed by atoms with Crippen molar-refractivity contribution in [3.63, 3.8) is 0 Å². The molecule has 0 spiro atoms. The predicted molar refractivity (Wildman–Crippen MR) is 99.7 cm³/mol. The molecule has 0 aliphatic carbocycles. The third-order valence-electron chi connectivity index (χ3n) is 3.70. The number of hydrogen-bond acceptors (Lipinski definition) is 8. The third kappa shape index (κ3) is 5.79. The summed E-state index contributed by atoms with van der Waals surface area (Å²) < 4.78 is 64.7. The number of azo groups is 1. The molecule has 10 nitrogen and oxygen atoms in total. The van der Waals surface area contributed by atoms with Gasteiger partial charge in [-0.3, -0.25) is 9.11 Å². The van der Waals surface area contributed by atoms with Crippen LogP contribution in [-0.4, -0.2) is 36.2 Å². The fourth-order valence-electron chi connectivity index (χ4n) is 2.48. The van der Waals surface area contributed by atoms with E-state index in [-0.39, 0.29) is 72.7 Å². The minimum Gasteiger partial charge on any atom is -1.00 e. The number of hydrogen-bond donors (Lipinski definition) is 4. The molecule has 30 heavy (non-hydrogen) atoms. The number of aromatic hydroxyl groups is 2. The summed E-state index contributed by atoms with van der Waals surface area (Å²) in [7, 11) is -9.65. The molecular weight excluding hydrogens is 458 g/mol.